The molecule has 0 saturated carbocycles. The Balaban J connectivity index is 2.39. The van der Waals surface area contributed by atoms with E-state index in [0.29, 0.717) is 0 Å². The van der Waals surface area contributed by atoms with Gasteiger partial charge in [0.2, 0.25) is 5.91 Å². The Morgan fingerprint density at radius 2 is 1.95 bits per heavy atom. The summed E-state index contributed by atoms with van der Waals surface area (Å²) in [6.07, 6.45) is 1.45. The summed E-state index contributed by atoms with van der Waals surface area (Å²) in [5.74, 6) is -0.130. The molecule has 0 aliphatic carbocycles. The van der Waals surface area contributed by atoms with Crippen LogP contribution in [0.3, 0.4) is 0 Å². The van der Waals surface area contributed by atoms with Crippen molar-refractivity contribution in [1.82, 2.24) is 10.2 Å². The highest BCUT2D eigenvalue weighted by Gasteiger charge is 2.48. The van der Waals surface area contributed by atoms with Crippen LogP contribution in [0.15, 0.2) is 24.3 Å². The molecule has 0 spiro atoms. The summed E-state index contributed by atoms with van der Waals surface area (Å²) in [6, 6.07) is 6.53. The zero-order chi connectivity index (χ0) is 14.9. The highest BCUT2D eigenvalue weighted by atomic mass is 19.1. The number of rotatable bonds is 4. The van der Waals surface area contributed by atoms with Gasteiger partial charge in [0.1, 0.15) is 12.0 Å². The lowest BCUT2D eigenvalue weighted by Crippen LogP contribution is -2.44. The quantitative estimate of drug-likeness (QED) is 0.917. The summed E-state index contributed by atoms with van der Waals surface area (Å²) in [5.41, 5.74) is 0.389. The maximum atomic E-state index is 13.1. The van der Waals surface area contributed by atoms with E-state index in [-0.39, 0.29) is 23.9 Å². The molecule has 1 amide bonds. The van der Waals surface area contributed by atoms with E-state index in [4.69, 9.17) is 0 Å². The molecule has 20 heavy (non-hydrogen) atoms. The van der Waals surface area contributed by atoms with Gasteiger partial charge in [-0.2, -0.15) is 0 Å². The summed E-state index contributed by atoms with van der Waals surface area (Å²) >= 11 is 0. The predicted octanol–water partition coefficient (Wildman–Crippen LogP) is 3.22. The molecular formula is C16H23FN2O. The number of carbonyl (C=O) groups excluding carboxylic acids is 1. The van der Waals surface area contributed by atoms with Gasteiger partial charge in [-0.05, 0) is 44.4 Å². The van der Waals surface area contributed by atoms with Crippen LogP contribution >= 0.6 is 0 Å². The van der Waals surface area contributed by atoms with Crippen molar-refractivity contribution in [3.63, 3.8) is 0 Å². The highest BCUT2D eigenvalue weighted by molar-refractivity contribution is 5.88. The van der Waals surface area contributed by atoms with Crippen molar-refractivity contribution >= 4 is 5.91 Å². The van der Waals surface area contributed by atoms with Crippen molar-refractivity contribution in [2.45, 2.75) is 58.3 Å². The van der Waals surface area contributed by atoms with Crippen molar-refractivity contribution in [1.29, 1.82) is 0 Å². The first kappa shape index (κ1) is 15.0. The average molecular weight is 278 g/mol. The zero-order valence-corrected chi connectivity index (χ0v) is 12.6. The molecule has 3 atom stereocenters. The maximum absolute atomic E-state index is 13.1. The highest BCUT2D eigenvalue weighted by Crippen LogP contribution is 2.34. The van der Waals surface area contributed by atoms with E-state index in [1.807, 2.05) is 18.7 Å². The van der Waals surface area contributed by atoms with Crippen LogP contribution in [-0.4, -0.2) is 22.4 Å². The van der Waals surface area contributed by atoms with Crippen molar-refractivity contribution in [2.75, 3.05) is 0 Å². The second kappa shape index (κ2) is 5.52. The molecule has 1 saturated heterocycles. The molecule has 0 aromatic heterocycles. The summed E-state index contributed by atoms with van der Waals surface area (Å²) in [7, 11) is 0. The van der Waals surface area contributed by atoms with Crippen LogP contribution in [0.1, 0.15) is 52.3 Å². The number of nitrogens with one attached hydrogen (secondary N) is 1. The molecular weight excluding hydrogens is 255 g/mol. The van der Waals surface area contributed by atoms with E-state index < -0.39 is 5.54 Å². The van der Waals surface area contributed by atoms with Gasteiger partial charge < -0.3 is 4.90 Å². The SMILES string of the molecule is CCC(C)N1C(=O)C(C)(CC)NC1c1ccc(F)cc1. The van der Waals surface area contributed by atoms with Gasteiger partial charge in [-0.1, -0.05) is 26.0 Å². The average Bonchev–Trinajstić information content (AvgIpc) is 2.72. The van der Waals surface area contributed by atoms with Gasteiger partial charge in [0.15, 0.2) is 0 Å². The Morgan fingerprint density at radius 1 is 1.35 bits per heavy atom. The second-order valence-electron chi connectivity index (χ2n) is 5.75. The molecule has 0 bridgehead atoms. The molecule has 1 aromatic carbocycles. The minimum absolute atomic E-state index is 0.128. The van der Waals surface area contributed by atoms with Gasteiger partial charge in [0.05, 0.1) is 5.54 Å². The minimum Gasteiger partial charge on any atom is -0.319 e. The topological polar surface area (TPSA) is 32.3 Å². The number of hydrogen-bond donors (Lipinski definition) is 1. The Bertz CT molecular complexity index is 488. The number of hydrogen-bond acceptors (Lipinski definition) is 2. The normalized spacial score (nSPS) is 27.9. The largest absolute Gasteiger partial charge is 0.319 e. The van der Waals surface area contributed by atoms with Gasteiger partial charge >= 0.3 is 0 Å². The molecule has 1 aliphatic heterocycles. The van der Waals surface area contributed by atoms with Crippen LogP contribution in [-0.2, 0) is 4.79 Å². The third-order valence-electron chi connectivity index (χ3n) is 4.40. The van der Waals surface area contributed by atoms with Crippen molar-refractivity contribution < 1.29 is 9.18 Å². The molecule has 1 heterocycles. The summed E-state index contributed by atoms with van der Waals surface area (Å²) in [4.78, 5) is 14.6. The van der Waals surface area contributed by atoms with Gasteiger partial charge in [0.25, 0.3) is 0 Å². The van der Waals surface area contributed by atoms with E-state index in [1.54, 1.807) is 12.1 Å². The number of halogens is 1. The van der Waals surface area contributed by atoms with E-state index in [1.165, 1.54) is 12.1 Å². The second-order valence-corrected chi connectivity index (χ2v) is 5.75. The molecule has 4 heteroatoms. The van der Waals surface area contributed by atoms with Crippen molar-refractivity contribution in [3.8, 4) is 0 Å². The molecule has 1 N–H and O–H groups in total. The molecule has 1 aliphatic rings. The lowest BCUT2D eigenvalue weighted by molar-refractivity contribution is -0.135. The Labute approximate surface area is 120 Å². The molecule has 3 nitrogen and oxygen atoms in total. The van der Waals surface area contributed by atoms with E-state index >= 15 is 0 Å². The molecule has 110 valence electrons. The van der Waals surface area contributed by atoms with Gasteiger partial charge in [-0.15, -0.1) is 0 Å². The first-order chi connectivity index (χ1) is 9.42. The third kappa shape index (κ3) is 2.44. The van der Waals surface area contributed by atoms with Crippen LogP contribution in [0.2, 0.25) is 0 Å². The fraction of sp³-hybridized carbons (Fsp3) is 0.562. The van der Waals surface area contributed by atoms with E-state index in [0.717, 1.165) is 18.4 Å². The Hall–Kier alpha value is -1.42. The van der Waals surface area contributed by atoms with Gasteiger partial charge in [-0.25, -0.2) is 4.39 Å². The zero-order valence-electron chi connectivity index (χ0n) is 12.6. The lowest BCUT2D eigenvalue weighted by atomic mass is 9.99. The number of nitrogens with zero attached hydrogens (tertiary/aromatic N) is 1. The molecule has 3 unspecified atom stereocenters. The van der Waals surface area contributed by atoms with Gasteiger partial charge in [0, 0.05) is 6.04 Å². The van der Waals surface area contributed by atoms with Crippen molar-refractivity contribution in [3.05, 3.63) is 35.6 Å². The van der Waals surface area contributed by atoms with Crippen LogP contribution in [0.5, 0.6) is 0 Å². The van der Waals surface area contributed by atoms with Gasteiger partial charge in [-0.3, -0.25) is 10.1 Å². The summed E-state index contributed by atoms with van der Waals surface area (Å²) in [6.45, 7) is 8.07. The van der Waals surface area contributed by atoms with Crippen LogP contribution in [0.25, 0.3) is 0 Å². The van der Waals surface area contributed by atoms with E-state index in [9.17, 15) is 9.18 Å². The number of benzene rings is 1. The fourth-order valence-corrected chi connectivity index (χ4v) is 2.63. The molecule has 2 rings (SSSR count). The van der Waals surface area contributed by atoms with Crippen molar-refractivity contribution in [2.24, 2.45) is 0 Å². The number of amides is 1. The standard InChI is InChI=1S/C16H23FN2O/c1-5-11(3)19-14(12-7-9-13(17)10-8-12)18-16(4,6-2)15(19)20/h7-11,14,18H,5-6H2,1-4H3. The molecule has 0 radical (unpaired) electrons. The van der Waals surface area contributed by atoms with Crippen LogP contribution < -0.4 is 5.32 Å². The number of carbonyl (C=O) groups is 1. The Kier molecular flexibility index (Phi) is 4.14. The van der Waals surface area contributed by atoms with Crippen LogP contribution in [0, 0.1) is 5.82 Å². The molecule has 1 fully saturated rings. The summed E-state index contributed by atoms with van der Waals surface area (Å²) < 4.78 is 13.1. The first-order valence-corrected chi connectivity index (χ1v) is 7.29. The fourth-order valence-electron chi connectivity index (χ4n) is 2.63. The monoisotopic (exact) mass is 278 g/mol. The maximum Gasteiger partial charge on any atom is 0.244 e. The smallest absolute Gasteiger partial charge is 0.244 e. The Morgan fingerprint density at radius 3 is 2.45 bits per heavy atom. The minimum atomic E-state index is -0.539. The first-order valence-electron chi connectivity index (χ1n) is 7.29. The predicted molar refractivity (Wildman–Crippen MR) is 77.6 cm³/mol. The van der Waals surface area contributed by atoms with Crippen LogP contribution in [0.4, 0.5) is 4.39 Å². The van der Waals surface area contributed by atoms with E-state index in [2.05, 4.69) is 19.2 Å². The third-order valence-corrected chi connectivity index (χ3v) is 4.40. The summed E-state index contributed by atoms with van der Waals surface area (Å²) in [5, 5.41) is 3.42. The molecule has 1 aromatic rings. The lowest BCUT2D eigenvalue weighted by Gasteiger charge is -2.30.